The first-order valence-corrected chi connectivity index (χ1v) is 14.2. The summed E-state index contributed by atoms with van der Waals surface area (Å²) in [5.41, 5.74) is -3.63. The van der Waals surface area contributed by atoms with Crippen molar-refractivity contribution < 1.29 is 57.2 Å². The molecule has 0 saturated heterocycles. The van der Waals surface area contributed by atoms with Gasteiger partial charge in [0.25, 0.3) is 0 Å². The van der Waals surface area contributed by atoms with Crippen LogP contribution >= 0.6 is 0 Å². The van der Waals surface area contributed by atoms with Crippen LogP contribution in [0.3, 0.4) is 0 Å². The lowest BCUT2D eigenvalue weighted by Crippen LogP contribution is -2.58. The summed E-state index contributed by atoms with van der Waals surface area (Å²) in [6, 6.07) is 0. The number of ketones is 2. The van der Waals surface area contributed by atoms with Crippen LogP contribution in [0.2, 0.25) is 0 Å². The Kier molecular flexibility index (Phi) is 11.2. The van der Waals surface area contributed by atoms with Gasteiger partial charge in [0.05, 0.1) is 5.92 Å². The maximum absolute atomic E-state index is 14.3. The molecule has 0 radical (unpaired) electrons. The Balaban J connectivity index is 3.08. The van der Waals surface area contributed by atoms with Gasteiger partial charge >= 0.3 is 29.8 Å². The van der Waals surface area contributed by atoms with E-state index in [1.165, 1.54) is 32.9 Å². The van der Waals surface area contributed by atoms with Gasteiger partial charge in [-0.2, -0.15) is 0 Å². The quantitative estimate of drug-likeness (QED) is 0.247. The van der Waals surface area contributed by atoms with Gasteiger partial charge in [0, 0.05) is 57.4 Å². The fourth-order valence-corrected chi connectivity index (χ4v) is 5.84. The molecule has 2 aliphatic rings. The molecule has 0 aliphatic heterocycles. The lowest BCUT2D eigenvalue weighted by molar-refractivity contribution is -0.187. The van der Waals surface area contributed by atoms with Crippen molar-refractivity contribution in [3.05, 3.63) is 24.3 Å². The summed E-state index contributed by atoms with van der Waals surface area (Å²) < 4.78 is 28.3. The number of allylic oxidation sites excluding steroid dienone is 2. The number of hydrogen-bond donors (Lipinski definition) is 0. The summed E-state index contributed by atoms with van der Waals surface area (Å²) >= 11 is 0. The fourth-order valence-electron chi connectivity index (χ4n) is 5.84. The Morgan fingerprint density at radius 2 is 1.35 bits per heavy atom. The minimum atomic E-state index is -2.01. The molecule has 2 rings (SSSR count). The summed E-state index contributed by atoms with van der Waals surface area (Å²) in [6.45, 7) is 16.2. The SMILES string of the molecule is C=C1[C@H](OC(C)=O)C2[C@@H](OC(C)=O)[C@@H](C)C[C@]2(OC(C)=O)C(=O)[C@@H](C)/C=C/C(C)(C)C(=O)[C@H](OC(C)=O)[C@H]1OC(=O)CC. The van der Waals surface area contributed by atoms with E-state index in [1.54, 1.807) is 13.8 Å². The van der Waals surface area contributed by atoms with E-state index in [9.17, 15) is 33.6 Å². The molecule has 0 bridgehead atoms. The summed E-state index contributed by atoms with van der Waals surface area (Å²) in [4.78, 5) is 90.7. The normalized spacial score (nSPS) is 33.1. The number of fused-ring (bicyclic) bond motifs is 1. The predicted molar refractivity (Wildman–Crippen MR) is 150 cm³/mol. The molecule has 12 heteroatoms. The van der Waals surface area contributed by atoms with Gasteiger partial charge in [-0.1, -0.05) is 39.5 Å². The molecule has 238 valence electrons. The Morgan fingerprint density at radius 3 is 1.84 bits per heavy atom. The van der Waals surface area contributed by atoms with Crippen molar-refractivity contribution in [2.45, 2.75) is 105 Å². The van der Waals surface area contributed by atoms with Crippen molar-refractivity contribution in [1.82, 2.24) is 0 Å². The topological polar surface area (TPSA) is 166 Å². The summed E-state index contributed by atoms with van der Waals surface area (Å²) in [5, 5.41) is 0. The molecule has 2 aliphatic carbocycles. The van der Waals surface area contributed by atoms with Crippen molar-refractivity contribution in [3.63, 3.8) is 0 Å². The summed E-state index contributed by atoms with van der Waals surface area (Å²) in [7, 11) is 0. The smallest absolute Gasteiger partial charge is 0.306 e. The highest BCUT2D eigenvalue weighted by Gasteiger charge is 2.65. The van der Waals surface area contributed by atoms with Gasteiger partial charge in [0.15, 0.2) is 23.3 Å². The standard InChI is InChI=1S/C31H42O12/c1-11-22(36)42-26-17(4)25(40-19(6)33)23-24(39-18(5)32)16(3)14-31(23,43-21(8)35)28(37)15(2)12-13-30(9,10)29(38)27(26)41-20(7)34/h12-13,15-16,23-27H,4,11,14H2,1-3,5-10H3/b13-12+/t15-,16-,23?,24-,25-,26-,27+,31+/m0/s1. The highest BCUT2D eigenvalue weighted by molar-refractivity contribution is 5.95. The zero-order valence-electron chi connectivity index (χ0n) is 26.2. The number of carbonyl (C=O) groups excluding carboxylic acids is 7. The van der Waals surface area contributed by atoms with Crippen LogP contribution in [0.25, 0.3) is 0 Å². The molecule has 1 saturated carbocycles. The first-order chi connectivity index (χ1) is 19.8. The van der Waals surface area contributed by atoms with Gasteiger partial charge < -0.3 is 23.7 Å². The van der Waals surface area contributed by atoms with E-state index in [2.05, 4.69) is 6.58 Å². The lowest BCUT2D eigenvalue weighted by Gasteiger charge is -2.42. The van der Waals surface area contributed by atoms with E-state index in [1.807, 2.05) is 0 Å². The van der Waals surface area contributed by atoms with Gasteiger partial charge in [0.1, 0.15) is 12.2 Å². The largest absolute Gasteiger partial charge is 0.462 e. The molecule has 0 aromatic heterocycles. The maximum atomic E-state index is 14.3. The Labute approximate surface area is 251 Å². The van der Waals surface area contributed by atoms with Crippen LogP contribution in [0.1, 0.15) is 75.2 Å². The highest BCUT2D eigenvalue weighted by Crippen LogP contribution is 2.51. The third-order valence-corrected chi connectivity index (χ3v) is 7.70. The van der Waals surface area contributed by atoms with Crippen molar-refractivity contribution >= 4 is 41.4 Å². The van der Waals surface area contributed by atoms with Crippen LogP contribution in [0.15, 0.2) is 24.3 Å². The van der Waals surface area contributed by atoms with Crippen LogP contribution in [0, 0.1) is 23.2 Å². The van der Waals surface area contributed by atoms with E-state index >= 15 is 0 Å². The molecule has 0 heterocycles. The summed E-state index contributed by atoms with van der Waals surface area (Å²) in [5.74, 6) is -8.34. The van der Waals surface area contributed by atoms with E-state index in [4.69, 9.17) is 23.7 Å². The molecule has 0 aromatic rings. The van der Waals surface area contributed by atoms with E-state index in [-0.39, 0.29) is 18.4 Å². The second-order valence-corrected chi connectivity index (χ2v) is 11.8. The van der Waals surface area contributed by atoms with Crippen molar-refractivity contribution in [1.29, 1.82) is 0 Å². The number of hydrogen-bond acceptors (Lipinski definition) is 12. The van der Waals surface area contributed by atoms with Crippen LogP contribution in [0.5, 0.6) is 0 Å². The zero-order valence-corrected chi connectivity index (χ0v) is 26.2. The van der Waals surface area contributed by atoms with Crippen molar-refractivity contribution in [3.8, 4) is 0 Å². The first kappa shape index (κ1) is 35.4. The fraction of sp³-hybridized carbons (Fsp3) is 0.645. The molecule has 0 spiro atoms. The summed E-state index contributed by atoms with van der Waals surface area (Å²) in [6.07, 6.45) is -3.60. The molecular weight excluding hydrogens is 564 g/mol. The van der Waals surface area contributed by atoms with Gasteiger partial charge in [0.2, 0.25) is 6.10 Å². The van der Waals surface area contributed by atoms with E-state index in [0.29, 0.717) is 0 Å². The monoisotopic (exact) mass is 606 g/mol. The molecule has 0 aromatic carbocycles. The molecular formula is C31H42O12. The second-order valence-electron chi connectivity index (χ2n) is 11.8. The third kappa shape index (κ3) is 7.77. The maximum Gasteiger partial charge on any atom is 0.306 e. The first-order valence-electron chi connectivity index (χ1n) is 14.2. The third-order valence-electron chi connectivity index (χ3n) is 7.70. The zero-order chi connectivity index (χ0) is 33.0. The minimum Gasteiger partial charge on any atom is -0.462 e. The number of Topliss-reactive ketones (excluding diaryl/α,β-unsaturated/α-hetero) is 2. The average Bonchev–Trinajstić information content (AvgIpc) is 3.15. The Bertz CT molecular complexity index is 1210. The molecule has 0 amide bonds. The van der Waals surface area contributed by atoms with Gasteiger partial charge in [-0.05, 0) is 19.8 Å². The van der Waals surface area contributed by atoms with Crippen LogP contribution in [0.4, 0.5) is 0 Å². The minimum absolute atomic E-state index is 0.119. The molecule has 0 N–H and O–H groups in total. The van der Waals surface area contributed by atoms with Gasteiger partial charge in [-0.15, -0.1) is 0 Å². The Hall–Kier alpha value is -3.83. The van der Waals surface area contributed by atoms with Gasteiger partial charge in [-0.25, -0.2) is 0 Å². The number of rotatable bonds is 6. The highest BCUT2D eigenvalue weighted by atomic mass is 16.6. The van der Waals surface area contributed by atoms with Crippen LogP contribution < -0.4 is 0 Å². The molecule has 8 atom stereocenters. The predicted octanol–water partition coefficient (Wildman–Crippen LogP) is 2.99. The molecule has 43 heavy (non-hydrogen) atoms. The van der Waals surface area contributed by atoms with Crippen molar-refractivity contribution in [2.24, 2.45) is 23.2 Å². The lowest BCUT2D eigenvalue weighted by atomic mass is 9.72. The molecule has 1 unspecified atom stereocenters. The number of esters is 5. The van der Waals surface area contributed by atoms with E-state index in [0.717, 1.165) is 27.7 Å². The van der Waals surface area contributed by atoms with Gasteiger partial charge in [-0.3, -0.25) is 33.6 Å². The van der Waals surface area contributed by atoms with E-state index < -0.39 is 94.6 Å². The van der Waals surface area contributed by atoms with Crippen molar-refractivity contribution in [2.75, 3.05) is 0 Å². The Morgan fingerprint density at radius 1 is 0.814 bits per heavy atom. The second kappa shape index (κ2) is 13.6. The van der Waals surface area contributed by atoms with Crippen LogP contribution in [-0.2, 0) is 57.2 Å². The number of carbonyl (C=O) groups is 7. The molecule has 1 fully saturated rings. The number of ether oxygens (including phenoxy) is 5. The van der Waals surface area contributed by atoms with Crippen LogP contribution in [-0.4, -0.2) is 71.4 Å². The molecule has 12 nitrogen and oxygen atoms in total. The average molecular weight is 607 g/mol.